The standard InChI is InChI=1S/C27H26F3N5O5/c1-26(16-34-15-24(35(36)37)31-25(34)40-26)17-38-21-5-3-20(4-6-21)33-10-8-32(9-11-33)14-22-13-18-12-19(27(28,29)30)2-7-23(18)39-22/h2-7,12-13,15H,8-11,14,16-17H2,1H3/t26-/m1/s1. The van der Waals surface area contributed by atoms with E-state index in [1.807, 2.05) is 31.2 Å². The zero-order valence-electron chi connectivity index (χ0n) is 21.6. The summed E-state index contributed by atoms with van der Waals surface area (Å²) >= 11 is 0. The summed E-state index contributed by atoms with van der Waals surface area (Å²) in [5.41, 5.74) is 0.144. The highest BCUT2D eigenvalue weighted by Crippen LogP contribution is 2.33. The third-order valence-electron chi connectivity index (χ3n) is 7.15. The topological polar surface area (TPSA) is 99.0 Å². The minimum atomic E-state index is -4.38. The Bertz CT molecular complexity index is 1520. The van der Waals surface area contributed by atoms with Crippen LogP contribution in [0, 0.1) is 10.1 Å². The molecule has 40 heavy (non-hydrogen) atoms. The zero-order valence-corrected chi connectivity index (χ0v) is 21.6. The Hall–Kier alpha value is -4.26. The van der Waals surface area contributed by atoms with Crippen LogP contribution in [0.2, 0.25) is 0 Å². The summed E-state index contributed by atoms with van der Waals surface area (Å²) in [6.45, 7) is 6.20. The number of halogens is 3. The number of alkyl halides is 3. The number of furan rings is 1. The van der Waals surface area contributed by atoms with Gasteiger partial charge in [0.2, 0.25) is 0 Å². The quantitative estimate of drug-likeness (QED) is 0.228. The lowest BCUT2D eigenvalue weighted by Gasteiger charge is -2.35. The molecule has 13 heteroatoms. The summed E-state index contributed by atoms with van der Waals surface area (Å²) < 4.78 is 58.2. The molecule has 0 radical (unpaired) electrons. The first kappa shape index (κ1) is 26.0. The van der Waals surface area contributed by atoms with Crippen molar-refractivity contribution >= 4 is 22.5 Å². The second-order valence-electron chi connectivity index (χ2n) is 10.3. The second kappa shape index (κ2) is 9.73. The van der Waals surface area contributed by atoms with Crippen LogP contribution < -0.4 is 14.4 Å². The molecule has 2 aliphatic rings. The van der Waals surface area contributed by atoms with E-state index in [1.54, 1.807) is 10.6 Å². The first-order chi connectivity index (χ1) is 19.0. The Labute approximate surface area is 226 Å². The molecule has 0 spiro atoms. The normalized spacial score (nSPS) is 19.6. The van der Waals surface area contributed by atoms with E-state index in [2.05, 4.69) is 14.8 Å². The van der Waals surface area contributed by atoms with Gasteiger partial charge in [0.25, 0.3) is 0 Å². The lowest BCUT2D eigenvalue weighted by Crippen LogP contribution is -2.45. The minimum Gasteiger partial charge on any atom is -0.489 e. The second-order valence-corrected chi connectivity index (χ2v) is 10.3. The number of ether oxygens (including phenoxy) is 2. The first-order valence-corrected chi connectivity index (χ1v) is 12.8. The third-order valence-corrected chi connectivity index (χ3v) is 7.15. The van der Waals surface area contributed by atoms with Crippen LogP contribution >= 0.6 is 0 Å². The molecule has 0 amide bonds. The van der Waals surface area contributed by atoms with E-state index < -0.39 is 22.3 Å². The Morgan fingerprint density at radius 2 is 1.85 bits per heavy atom. The van der Waals surface area contributed by atoms with Crippen LogP contribution in [0.4, 0.5) is 24.7 Å². The van der Waals surface area contributed by atoms with E-state index in [9.17, 15) is 23.3 Å². The number of piperazine rings is 1. The van der Waals surface area contributed by atoms with Gasteiger partial charge in [-0.1, -0.05) is 0 Å². The number of imidazole rings is 1. The van der Waals surface area contributed by atoms with E-state index in [0.717, 1.165) is 44.0 Å². The van der Waals surface area contributed by atoms with E-state index in [4.69, 9.17) is 13.9 Å². The predicted molar refractivity (Wildman–Crippen MR) is 139 cm³/mol. The molecule has 0 saturated carbocycles. The molecule has 2 aliphatic heterocycles. The fraction of sp³-hybridized carbons (Fsp3) is 0.370. The van der Waals surface area contributed by atoms with Gasteiger partial charge in [0, 0.05) is 42.2 Å². The molecule has 0 bridgehead atoms. The van der Waals surface area contributed by atoms with Gasteiger partial charge in [0.1, 0.15) is 29.9 Å². The number of hydrogen-bond donors (Lipinski definition) is 0. The van der Waals surface area contributed by atoms with Gasteiger partial charge in [0.05, 0.1) is 18.7 Å². The molecule has 4 heterocycles. The molecule has 2 aromatic heterocycles. The van der Waals surface area contributed by atoms with E-state index in [1.165, 1.54) is 12.3 Å². The largest absolute Gasteiger partial charge is 0.489 e. The molecule has 1 saturated heterocycles. The van der Waals surface area contributed by atoms with E-state index in [0.29, 0.717) is 35.6 Å². The van der Waals surface area contributed by atoms with Gasteiger partial charge in [-0.05, 0) is 60.4 Å². The maximum Gasteiger partial charge on any atom is 0.416 e. The van der Waals surface area contributed by atoms with Crippen molar-refractivity contribution in [3.8, 4) is 11.8 Å². The van der Waals surface area contributed by atoms with Crippen LogP contribution in [-0.2, 0) is 19.3 Å². The van der Waals surface area contributed by atoms with Crippen LogP contribution in [0.25, 0.3) is 11.0 Å². The van der Waals surface area contributed by atoms with Gasteiger partial charge in [-0.2, -0.15) is 13.2 Å². The van der Waals surface area contributed by atoms with Crippen molar-refractivity contribution in [1.29, 1.82) is 0 Å². The molecule has 0 unspecified atom stereocenters. The summed E-state index contributed by atoms with van der Waals surface area (Å²) in [5.74, 6) is 1.08. The number of nitrogens with zero attached hydrogens (tertiary/aromatic N) is 5. The first-order valence-electron chi connectivity index (χ1n) is 12.8. The molecule has 1 atom stereocenters. The average Bonchev–Trinajstić information content (AvgIpc) is 3.58. The molecule has 0 aliphatic carbocycles. The summed E-state index contributed by atoms with van der Waals surface area (Å²) in [7, 11) is 0. The SMILES string of the molecule is C[C@]1(COc2ccc(N3CCN(Cc4cc5cc(C(F)(F)F)ccc5o4)CC3)cc2)Cn2cc([N+](=O)[O-])nc2O1. The van der Waals surface area contributed by atoms with Crippen LogP contribution in [0.15, 0.2) is 59.1 Å². The Morgan fingerprint density at radius 1 is 1.10 bits per heavy atom. The molecule has 4 aromatic rings. The van der Waals surface area contributed by atoms with Crippen LogP contribution in [0.5, 0.6) is 11.8 Å². The highest BCUT2D eigenvalue weighted by atomic mass is 19.4. The molecule has 0 N–H and O–H groups in total. The highest BCUT2D eigenvalue weighted by Gasteiger charge is 2.41. The number of rotatable bonds is 7. The molecule has 10 nitrogen and oxygen atoms in total. The molecule has 6 rings (SSSR count). The predicted octanol–water partition coefficient (Wildman–Crippen LogP) is 5.11. The summed E-state index contributed by atoms with van der Waals surface area (Å²) in [4.78, 5) is 18.7. The summed E-state index contributed by atoms with van der Waals surface area (Å²) in [5, 5.41) is 11.3. The van der Waals surface area contributed by atoms with Gasteiger partial charge < -0.3 is 28.9 Å². The van der Waals surface area contributed by atoms with E-state index in [-0.39, 0.29) is 18.4 Å². The highest BCUT2D eigenvalue weighted by molar-refractivity contribution is 5.78. The number of hydrogen-bond acceptors (Lipinski definition) is 8. The number of anilines is 1. The monoisotopic (exact) mass is 557 g/mol. The van der Waals surface area contributed by atoms with Crippen molar-refractivity contribution in [3.05, 3.63) is 76.2 Å². The summed E-state index contributed by atoms with van der Waals surface area (Å²) in [6.07, 6.45) is -3.02. The zero-order chi connectivity index (χ0) is 28.1. The van der Waals surface area contributed by atoms with Gasteiger partial charge in [0.15, 0.2) is 5.60 Å². The minimum absolute atomic E-state index is 0.211. The molecular weight excluding hydrogens is 531 g/mol. The fourth-order valence-electron chi connectivity index (χ4n) is 5.08. The third kappa shape index (κ3) is 5.28. The number of nitro groups is 1. The number of fused-ring (bicyclic) bond motifs is 2. The van der Waals surface area contributed by atoms with E-state index >= 15 is 0 Å². The van der Waals surface area contributed by atoms with Crippen molar-refractivity contribution in [1.82, 2.24) is 14.5 Å². The van der Waals surface area contributed by atoms with Gasteiger partial charge >= 0.3 is 18.0 Å². The van der Waals surface area contributed by atoms with Crippen LogP contribution in [-0.4, -0.2) is 57.8 Å². The van der Waals surface area contributed by atoms with Gasteiger partial charge in [-0.15, -0.1) is 0 Å². The molecule has 210 valence electrons. The van der Waals surface area contributed by atoms with Crippen molar-refractivity contribution in [2.45, 2.75) is 31.8 Å². The Balaban J connectivity index is 0.993. The van der Waals surface area contributed by atoms with Crippen molar-refractivity contribution in [2.75, 3.05) is 37.7 Å². The number of aromatic nitrogens is 2. The maximum atomic E-state index is 13.0. The Kier molecular flexibility index (Phi) is 6.32. The summed E-state index contributed by atoms with van der Waals surface area (Å²) in [6, 6.07) is 13.2. The van der Waals surface area contributed by atoms with Gasteiger partial charge in [-0.25, -0.2) is 0 Å². The van der Waals surface area contributed by atoms with Crippen LogP contribution in [0.3, 0.4) is 0 Å². The van der Waals surface area contributed by atoms with Crippen molar-refractivity contribution < 1.29 is 32.0 Å². The van der Waals surface area contributed by atoms with Crippen molar-refractivity contribution in [2.24, 2.45) is 0 Å². The molecule has 2 aromatic carbocycles. The average molecular weight is 558 g/mol. The lowest BCUT2D eigenvalue weighted by atomic mass is 10.1. The molecule has 1 fully saturated rings. The number of benzene rings is 2. The van der Waals surface area contributed by atoms with Gasteiger partial charge in [-0.3, -0.25) is 9.47 Å². The van der Waals surface area contributed by atoms with Crippen molar-refractivity contribution in [3.63, 3.8) is 0 Å². The maximum absolute atomic E-state index is 13.0. The lowest BCUT2D eigenvalue weighted by molar-refractivity contribution is -0.389. The fourth-order valence-corrected chi connectivity index (χ4v) is 5.08. The Morgan fingerprint density at radius 3 is 2.52 bits per heavy atom. The smallest absolute Gasteiger partial charge is 0.416 e. The van der Waals surface area contributed by atoms with Crippen LogP contribution in [0.1, 0.15) is 18.2 Å². The molecular formula is C27H26F3N5O5.